The molecular weight excluding hydrogens is 671 g/mol. The highest BCUT2D eigenvalue weighted by Crippen LogP contribution is 2.32. The molecule has 3 saturated heterocycles. The Morgan fingerprint density at radius 1 is 0.833 bits per heavy atom. The monoisotopic (exact) mass is 736 g/mol. The number of likely N-dealkylation sites (tertiary alicyclic amines) is 3. The van der Waals surface area contributed by atoms with Crippen molar-refractivity contribution in [3.63, 3.8) is 0 Å². The van der Waals surface area contributed by atoms with Gasteiger partial charge in [0, 0.05) is 61.2 Å². The molecule has 2 aromatic rings. The normalized spacial score (nSPS) is 25.1. The van der Waals surface area contributed by atoms with Crippen molar-refractivity contribution in [3.8, 4) is 0 Å². The van der Waals surface area contributed by atoms with Crippen molar-refractivity contribution in [2.75, 3.05) is 56.9 Å². The molecule has 7 rings (SSSR count). The number of benzene rings is 2. The SMILES string of the molecule is CC1C=Cc2cc(CC(CC(=O)N3CCC(CCC4CCc5ccccc5NC4=O)CC3)C(=O)CCC3CCCN(C4CCN(C)CC4)CC3)ccc2N1. The van der Waals surface area contributed by atoms with Crippen LogP contribution in [-0.4, -0.2) is 90.7 Å². The smallest absolute Gasteiger partial charge is 0.227 e. The number of nitrogens with zero attached hydrogens (tertiary/aromatic N) is 3. The first-order chi connectivity index (χ1) is 26.3. The van der Waals surface area contributed by atoms with Crippen LogP contribution in [0.5, 0.6) is 0 Å². The average Bonchev–Trinajstić information content (AvgIpc) is 3.52. The molecule has 2 aromatic carbocycles. The quantitative estimate of drug-likeness (QED) is 0.231. The summed E-state index contributed by atoms with van der Waals surface area (Å²) in [5.74, 6) is 1.40. The van der Waals surface area contributed by atoms with E-state index < -0.39 is 0 Å². The molecular formula is C46H65N5O3. The Morgan fingerprint density at radius 2 is 1.61 bits per heavy atom. The van der Waals surface area contributed by atoms with Gasteiger partial charge in [0.05, 0.1) is 0 Å². The molecule has 2 amide bonds. The number of amides is 2. The van der Waals surface area contributed by atoms with Gasteiger partial charge in [-0.05, 0) is 170 Å². The molecule has 0 aliphatic carbocycles. The maximum atomic E-state index is 14.1. The number of carbonyl (C=O) groups excluding carboxylic acids is 3. The number of rotatable bonds is 12. The number of ketones is 1. The summed E-state index contributed by atoms with van der Waals surface area (Å²) in [5.41, 5.74) is 5.61. The third-order valence-electron chi connectivity index (χ3n) is 13.6. The molecule has 3 fully saturated rings. The summed E-state index contributed by atoms with van der Waals surface area (Å²) < 4.78 is 0. The summed E-state index contributed by atoms with van der Waals surface area (Å²) >= 11 is 0. The lowest BCUT2D eigenvalue weighted by Crippen LogP contribution is -2.44. The largest absolute Gasteiger partial charge is 0.379 e. The minimum absolute atomic E-state index is 0.0400. The van der Waals surface area contributed by atoms with Crippen LogP contribution in [0.4, 0.5) is 11.4 Å². The van der Waals surface area contributed by atoms with E-state index in [9.17, 15) is 14.4 Å². The van der Waals surface area contributed by atoms with E-state index in [0.29, 0.717) is 43.2 Å². The minimum atomic E-state index is -0.299. The molecule has 54 heavy (non-hydrogen) atoms. The minimum Gasteiger partial charge on any atom is -0.379 e. The standard InChI is InChI=1S/C46H65N5O3/c1-33-9-13-39-30-36(11-17-43(39)47-33)31-40(44(52)18-12-34-6-5-24-50(27-19-34)41-22-25-49(2)26-23-41)32-45(53)51-28-20-35(21-29-51)10-14-38-16-15-37-7-3-4-8-42(37)48-46(38)54/h3-4,7-9,11,13,17,30,33-35,38,40-41,47H,5-6,10,12,14-16,18-29,31-32H2,1-2H3,(H,48,54). The lowest BCUT2D eigenvalue weighted by atomic mass is 9.85. The second kappa shape index (κ2) is 18.4. The van der Waals surface area contributed by atoms with E-state index in [1.807, 2.05) is 23.1 Å². The molecule has 0 bridgehead atoms. The molecule has 2 N–H and O–H groups in total. The predicted molar refractivity (Wildman–Crippen MR) is 219 cm³/mol. The number of para-hydroxylation sites is 1. The predicted octanol–water partition coefficient (Wildman–Crippen LogP) is 7.83. The molecule has 0 spiro atoms. The molecule has 5 heterocycles. The van der Waals surface area contributed by atoms with Gasteiger partial charge in [-0.3, -0.25) is 14.4 Å². The zero-order valence-corrected chi connectivity index (χ0v) is 33.1. The van der Waals surface area contributed by atoms with Crippen molar-refractivity contribution < 1.29 is 14.4 Å². The average molecular weight is 736 g/mol. The fourth-order valence-corrected chi connectivity index (χ4v) is 9.97. The Bertz CT molecular complexity index is 1620. The molecule has 0 aromatic heterocycles. The number of hydrogen-bond donors (Lipinski definition) is 2. The van der Waals surface area contributed by atoms with Crippen molar-refractivity contribution in [3.05, 3.63) is 65.2 Å². The summed E-state index contributed by atoms with van der Waals surface area (Å²) in [6.07, 6.45) is 18.6. The van der Waals surface area contributed by atoms with E-state index >= 15 is 0 Å². The Hall–Kier alpha value is -3.49. The van der Waals surface area contributed by atoms with Gasteiger partial charge in [-0.1, -0.05) is 36.4 Å². The van der Waals surface area contributed by atoms with Gasteiger partial charge in [0.1, 0.15) is 5.78 Å². The Morgan fingerprint density at radius 3 is 2.44 bits per heavy atom. The van der Waals surface area contributed by atoms with Crippen molar-refractivity contribution in [1.29, 1.82) is 0 Å². The van der Waals surface area contributed by atoms with Crippen LogP contribution in [-0.2, 0) is 27.2 Å². The van der Waals surface area contributed by atoms with Gasteiger partial charge in [-0.15, -0.1) is 0 Å². The van der Waals surface area contributed by atoms with E-state index in [1.165, 1.54) is 57.3 Å². The Kier molecular flexibility index (Phi) is 13.2. The second-order valence-corrected chi connectivity index (χ2v) is 17.5. The van der Waals surface area contributed by atoms with Crippen LogP contribution in [0, 0.1) is 23.7 Å². The first-order valence-corrected chi connectivity index (χ1v) is 21.5. The van der Waals surface area contributed by atoms with Gasteiger partial charge in [0.15, 0.2) is 0 Å². The third kappa shape index (κ3) is 10.2. The van der Waals surface area contributed by atoms with Gasteiger partial charge in [0.2, 0.25) is 11.8 Å². The Labute approximate surface area is 324 Å². The van der Waals surface area contributed by atoms with Gasteiger partial charge < -0.3 is 25.3 Å². The highest BCUT2D eigenvalue weighted by molar-refractivity contribution is 5.94. The number of carbonyl (C=O) groups is 3. The number of nitrogens with one attached hydrogen (secondary N) is 2. The van der Waals surface area contributed by atoms with E-state index in [0.717, 1.165) is 87.1 Å². The lowest BCUT2D eigenvalue weighted by molar-refractivity contribution is -0.136. The molecule has 0 saturated carbocycles. The molecule has 5 aliphatic rings. The summed E-state index contributed by atoms with van der Waals surface area (Å²) in [6.45, 7) is 8.38. The van der Waals surface area contributed by atoms with Gasteiger partial charge in [-0.25, -0.2) is 0 Å². The molecule has 292 valence electrons. The van der Waals surface area contributed by atoms with Crippen LogP contribution in [0.1, 0.15) is 107 Å². The number of Topliss-reactive ketones (excluding diaryl/α,β-unsaturated/α-hetero) is 1. The first-order valence-electron chi connectivity index (χ1n) is 21.5. The summed E-state index contributed by atoms with van der Waals surface area (Å²) in [6, 6.07) is 15.7. The van der Waals surface area contributed by atoms with Gasteiger partial charge in [0.25, 0.3) is 0 Å². The first kappa shape index (κ1) is 38.8. The molecule has 4 atom stereocenters. The van der Waals surface area contributed by atoms with Crippen molar-refractivity contribution >= 4 is 35.0 Å². The van der Waals surface area contributed by atoms with Crippen molar-refractivity contribution in [1.82, 2.24) is 14.7 Å². The van der Waals surface area contributed by atoms with Gasteiger partial charge in [-0.2, -0.15) is 0 Å². The van der Waals surface area contributed by atoms with Crippen molar-refractivity contribution in [2.24, 2.45) is 23.7 Å². The molecule has 8 nitrogen and oxygen atoms in total. The van der Waals surface area contributed by atoms with Crippen LogP contribution in [0.25, 0.3) is 6.08 Å². The van der Waals surface area contributed by atoms with Crippen LogP contribution in [0.3, 0.4) is 0 Å². The van der Waals surface area contributed by atoms with Crippen molar-refractivity contribution in [2.45, 2.75) is 115 Å². The van der Waals surface area contributed by atoms with E-state index in [1.54, 1.807) is 0 Å². The maximum Gasteiger partial charge on any atom is 0.227 e. The zero-order valence-electron chi connectivity index (χ0n) is 33.1. The lowest BCUT2D eigenvalue weighted by Gasteiger charge is -2.36. The number of aryl methyl sites for hydroxylation is 1. The zero-order chi connectivity index (χ0) is 37.4. The highest BCUT2D eigenvalue weighted by Gasteiger charge is 2.31. The van der Waals surface area contributed by atoms with Crippen LogP contribution < -0.4 is 10.6 Å². The van der Waals surface area contributed by atoms with Gasteiger partial charge >= 0.3 is 0 Å². The van der Waals surface area contributed by atoms with E-state index in [-0.39, 0.29) is 29.4 Å². The summed E-state index contributed by atoms with van der Waals surface area (Å²) in [5, 5.41) is 6.69. The van der Waals surface area contributed by atoms with E-state index in [2.05, 4.69) is 70.8 Å². The molecule has 8 heteroatoms. The molecule has 5 aliphatic heterocycles. The van der Waals surface area contributed by atoms with Crippen LogP contribution >= 0.6 is 0 Å². The van der Waals surface area contributed by atoms with Crippen LogP contribution in [0.15, 0.2) is 48.5 Å². The molecule has 4 unspecified atom stereocenters. The second-order valence-electron chi connectivity index (χ2n) is 17.5. The van der Waals surface area contributed by atoms with E-state index in [4.69, 9.17) is 0 Å². The number of piperidine rings is 2. The topological polar surface area (TPSA) is 85.0 Å². The fourth-order valence-electron chi connectivity index (χ4n) is 9.97. The maximum absolute atomic E-state index is 14.1. The summed E-state index contributed by atoms with van der Waals surface area (Å²) in [7, 11) is 2.23. The number of hydrogen-bond acceptors (Lipinski definition) is 6. The summed E-state index contributed by atoms with van der Waals surface area (Å²) in [4.78, 5) is 48.3. The highest BCUT2D eigenvalue weighted by atomic mass is 16.2. The van der Waals surface area contributed by atoms with Crippen LogP contribution in [0.2, 0.25) is 0 Å². The molecule has 0 radical (unpaired) electrons. The Balaban J connectivity index is 0.919. The number of fused-ring (bicyclic) bond motifs is 2. The number of anilines is 2. The third-order valence-corrected chi connectivity index (χ3v) is 13.6. The fraction of sp³-hybridized carbons (Fsp3) is 0.630.